The molecule has 0 saturated carbocycles. The molecule has 0 spiro atoms. The molecule has 0 saturated heterocycles. The van der Waals surface area contributed by atoms with E-state index in [0.717, 1.165) is 5.56 Å². The van der Waals surface area contributed by atoms with Crippen LogP contribution >= 0.6 is 0 Å². The van der Waals surface area contributed by atoms with Gasteiger partial charge < -0.3 is 9.84 Å². The van der Waals surface area contributed by atoms with Gasteiger partial charge >= 0.3 is 5.97 Å². The van der Waals surface area contributed by atoms with E-state index in [-0.39, 0.29) is 6.61 Å². The molecule has 0 atom stereocenters. The standard InChI is InChI=1S/C8H9NO3/c10-8(11)6-12-5-7-1-3-9-4-2-7/h1-4H,5-6H2,(H,10,11). The minimum atomic E-state index is -0.955. The topological polar surface area (TPSA) is 59.4 Å². The molecular weight excluding hydrogens is 158 g/mol. The van der Waals surface area contributed by atoms with Gasteiger partial charge in [-0.3, -0.25) is 4.98 Å². The maximum atomic E-state index is 10.1. The molecular formula is C8H9NO3. The Morgan fingerprint density at radius 3 is 2.75 bits per heavy atom. The molecule has 1 aromatic heterocycles. The molecule has 64 valence electrons. The number of aromatic nitrogens is 1. The molecule has 12 heavy (non-hydrogen) atoms. The smallest absolute Gasteiger partial charge is 0.329 e. The lowest BCUT2D eigenvalue weighted by Gasteiger charge is -1.99. The predicted octanol–water partition coefficient (Wildman–Crippen LogP) is 0.683. The highest BCUT2D eigenvalue weighted by Gasteiger charge is 1.96. The number of hydrogen-bond donors (Lipinski definition) is 1. The summed E-state index contributed by atoms with van der Waals surface area (Å²) in [7, 11) is 0. The number of carboxylic acid groups (broad SMARTS) is 1. The van der Waals surface area contributed by atoms with E-state index in [1.54, 1.807) is 24.5 Å². The Morgan fingerprint density at radius 1 is 1.50 bits per heavy atom. The fraction of sp³-hybridized carbons (Fsp3) is 0.250. The van der Waals surface area contributed by atoms with Gasteiger partial charge in [-0.2, -0.15) is 0 Å². The van der Waals surface area contributed by atoms with Crippen LogP contribution in [0.5, 0.6) is 0 Å². The molecule has 0 radical (unpaired) electrons. The highest BCUT2D eigenvalue weighted by Crippen LogP contribution is 1.97. The van der Waals surface area contributed by atoms with Crippen LogP contribution in [-0.2, 0) is 16.1 Å². The van der Waals surface area contributed by atoms with Crippen molar-refractivity contribution in [1.29, 1.82) is 0 Å². The first-order valence-electron chi connectivity index (χ1n) is 3.47. The quantitative estimate of drug-likeness (QED) is 0.716. The summed E-state index contributed by atoms with van der Waals surface area (Å²) in [5, 5.41) is 8.25. The van der Waals surface area contributed by atoms with Crippen molar-refractivity contribution in [1.82, 2.24) is 4.98 Å². The Bertz CT molecular complexity index is 248. The number of aliphatic carboxylic acids is 1. The molecule has 0 unspecified atom stereocenters. The highest BCUT2D eigenvalue weighted by molar-refractivity contribution is 5.67. The zero-order valence-electron chi connectivity index (χ0n) is 6.43. The van der Waals surface area contributed by atoms with E-state index >= 15 is 0 Å². The van der Waals surface area contributed by atoms with E-state index < -0.39 is 5.97 Å². The van der Waals surface area contributed by atoms with Crippen molar-refractivity contribution in [2.24, 2.45) is 0 Å². The van der Waals surface area contributed by atoms with Gasteiger partial charge in [0.2, 0.25) is 0 Å². The van der Waals surface area contributed by atoms with Crippen molar-refractivity contribution in [3.05, 3.63) is 30.1 Å². The Balaban J connectivity index is 2.29. The van der Waals surface area contributed by atoms with E-state index in [1.807, 2.05) is 0 Å². The van der Waals surface area contributed by atoms with Gasteiger partial charge in [0.15, 0.2) is 0 Å². The molecule has 1 aromatic rings. The summed E-state index contributed by atoms with van der Waals surface area (Å²) in [5.74, 6) is -0.955. The van der Waals surface area contributed by atoms with Gasteiger partial charge in [0, 0.05) is 12.4 Å². The summed E-state index contributed by atoms with van der Waals surface area (Å²) in [6.45, 7) is 0.0527. The van der Waals surface area contributed by atoms with Crippen LogP contribution in [0.3, 0.4) is 0 Å². The van der Waals surface area contributed by atoms with Crippen molar-refractivity contribution in [2.75, 3.05) is 6.61 Å². The third kappa shape index (κ3) is 3.12. The molecule has 0 fully saturated rings. The van der Waals surface area contributed by atoms with E-state index in [4.69, 9.17) is 9.84 Å². The van der Waals surface area contributed by atoms with Crippen LogP contribution in [-0.4, -0.2) is 22.7 Å². The average molecular weight is 167 g/mol. The zero-order chi connectivity index (χ0) is 8.81. The summed E-state index contributed by atoms with van der Waals surface area (Å²) >= 11 is 0. The molecule has 4 heteroatoms. The molecule has 4 nitrogen and oxygen atoms in total. The summed E-state index contributed by atoms with van der Waals surface area (Å²) in [5.41, 5.74) is 0.922. The maximum absolute atomic E-state index is 10.1. The van der Waals surface area contributed by atoms with Gasteiger partial charge in [-0.05, 0) is 17.7 Å². The largest absolute Gasteiger partial charge is 0.480 e. The number of rotatable bonds is 4. The van der Waals surface area contributed by atoms with E-state index in [9.17, 15) is 4.79 Å². The fourth-order valence-corrected chi connectivity index (χ4v) is 0.735. The summed E-state index contributed by atoms with van der Waals surface area (Å²) in [6.07, 6.45) is 3.28. The van der Waals surface area contributed by atoms with Crippen LogP contribution < -0.4 is 0 Å². The maximum Gasteiger partial charge on any atom is 0.329 e. The van der Waals surface area contributed by atoms with Gasteiger partial charge in [-0.25, -0.2) is 4.79 Å². The SMILES string of the molecule is O=C(O)COCc1ccncc1. The van der Waals surface area contributed by atoms with E-state index in [1.165, 1.54) is 0 Å². The molecule has 0 aliphatic carbocycles. The Hall–Kier alpha value is -1.42. The second-order valence-electron chi connectivity index (χ2n) is 2.24. The summed E-state index contributed by atoms with van der Waals surface area (Å²) in [6, 6.07) is 3.56. The third-order valence-electron chi connectivity index (χ3n) is 1.24. The number of pyridine rings is 1. The van der Waals surface area contributed by atoms with Crippen molar-refractivity contribution in [3.63, 3.8) is 0 Å². The second kappa shape index (κ2) is 4.46. The van der Waals surface area contributed by atoms with Crippen LogP contribution in [0.2, 0.25) is 0 Å². The van der Waals surface area contributed by atoms with Crippen molar-refractivity contribution < 1.29 is 14.6 Å². The van der Waals surface area contributed by atoms with Gasteiger partial charge in [-0.1, -0.05) is 0 Å². The minimum absolute atomic E-state index is 0.262. The first kappa shape index (κ1) is 8.67. The van der Waals surface area contributed by atoms with Crippen molar-refractivity contribution in [3.8, 4) is 0 Å². The molecule has 0 aliphatic heterocycles. The minimum Gasteiger partial charge on any atom is -0.480 e. The third-order valence-corrected chi connectivity index (χ3v) is 1.24. The van der Waals surface area contributed by atoms with Gasteiger partial charge in [0.25, 0.3) is 0 Å². The van der Waals surface area contributed by atoms with Crippen molar-refractivity contribution in [2.45, 2.75) is 6.61 Å². The lowest BCUT2D eigenvalue weighted by Crippen LogP contribution is -2.06. The molecule has 1 N–H and O–H groups in total. The number of nitrogens with zero attached hydrogens (tertiary/aromatic N) is 1. The molecule has 1 rings (SSSR count). The lowest BCUT2D eigenvalue weighted by atomic mass is 10.3. The lowest BCUT2D eigenvalue weighted by molar-refractivity contribution is -0.142. The van der Waals surface area contributed by atoms with Crippen LogP contribution in [0.25, 0.3) is 0 Å². The van der Waals surface area contributed by atoms with Gasteiger partial charge in [0.05, 0.1) is 6.61 Å². The normalized spacial score (nSPS) is 9.67. The zero-order valence-corrected chi connectivity index (χ0v) is 6.43. The van der Waals surface area contributed by atoms with Gasteiger partial charge in [0.1, 0.15) is 6.61 Å². The second-order valence-corrected chi connectivity index (χ2v) is 2.24. The fourth-order valence-electron chi connectivity index (χ4n) is 0.735. The Labute approximate surface area is 69.8 Å². The summed E-state index contributed by atoms with van der Waals surface area (Å²) < 4.78 is 4.85. The van der Waals surface area contributed by atoms with Crippen LogP contribution in [0, 0.1) is 0 Å². The Kier molecular flexibility index (Phi) is 3.22. The predicted molar refractivity (Wildman–Crippen MR) is 41.5 cm³/mol. The van der Waals surface area contributed by atoms with Crippen molar-refractivity contribution >= 4 is 5.97 Å². The monoisotopic (exact) mass is 167 g/mol. The number of carboxylic acids is 1. The molecule has 0 amide bonds. The van der Waals surface area contributed by atoms with Crippen LogP contribution in [0.15, 0.2) is 24.5 Å². The number of carbonyl (C=O) groups is 1. The van der Waals surface area contributed by atoms with E-state index in [0.29, 0.717) is 6.61 Å². The molecule has 0 aliphatic rings. The number of hydrogen-bond acceptors (Lipinski definition) is 3. The molecule has 1 heterocycles. The Morgan fingerprint density at radius 2 is 2.17 bits per heavy atom. The average Bonchev–Trinajstić information content (AvgIpc) is 2.05. The van der Waals surface area contributed by atoms with Gasteiger partial charge in [-0.15, -0.1) is 0 Å². The van der Waals surface area contributed by atoms with E-state index in [2.05, 4.69) is 4.98 Å². The van der Waals surface area contributed by atoms with Crippen LogP contribution in [0.1, 0.15) is 5.56 Å². The molecule has 0 bridgehead atoms. The molecule has 0 aromatic carbocycles. The first-order chi connectivity index (χ1) is 5.79. The van der Waals surface area contributed by atoms with Crippen LogP contribution in [0.4, 0.5) is 0 Å². The highest BCUT2D eigenvalue weighted by atomic mass is 16.5. The summed E-state index contributed by atoms with van der Waals surface area (Å²) in [4.78, 5) is 13.9. The first-order valence-corrected chi connectivity index (χ1v) is 3.47. The number of ether oxygens (including phenoxy) is 1.